The fourth-order valence-electron chi connectivity index (χ4n) is 2.48. The molecule has 3 nitrogen and oxygen atoms in total. The Morgan fingerprint density at radius 2 is 2.27 bits per heavy atom. The van der Waals surface area contributed by atoms with Crippen LogP contribution >= 0.6 is 0 Å². The number of hydrogen-bond acceptors (Lipinski definition) is 3. The first-order valence-electron chi connectivity index (χ1n) is 6.26. The highest BCUT2D eigenvalue weighted by Gasteiger charge is 2.21. The third kappa shape index (κ3) is 4.96. The molecule has 1 fully saturated rings. The number of rotatable bonds is 6. The van der Waals surface area contributed by atoms with E-state index in [0.717, 1.165) is 13.0 Å². The lowest BCUT2D eigenvalue weighted by atomic mass is 9.91. The highest BCUT2D eigenvalue weighted by Crippen LogP contribution is 2.18. The average Bonchev–Trinajstić information content (AvgIpc) is 2.18. The fraction of sp³-hybridized carbons (Fsp3) is 1.00. The maximum absolute atomic E-state index is 5.98. The Bertz CT molecular complexity index is 155. The van der Waals surface area contributed by atoms with Crippen molar-refractivity contribution >= 4 is 0 Å². The van der Waals surface area contributed by atoms with Gasteiger partial charge in [-0.05, 0) is 25.7 Å². The molecule has 1 saturated carbocycles. The number of ether oxygens (including phenoxy) is 1. The second-order valence-corrected chi connectivity index (χ2v) is 4.73. The van der Waals surface area contributed by atoms with Crippen molar-refractivity contribution < 1.29 is 4.74 Å². The molecule has 0 saturated heterocycles. The minimum absolute atomic E-state index is 0.404. The molecule has 3 unspecified atom stereocenters. The molecule has 3 atom stereocenters. The molecule has 1 aliphatic carbocycles. The van der Waals surface area contributed by atoms with E-state index in [2.05, 4.69) is 12.2 Å². The maximum atomic E-state index is 5.98. The Morgan fingerprint density at radius 3 is 2.87 bits per heavy atom. The number of nitrogens with two attached hydrogens (primary N) is 1. The Morgan fingerprint density at radius 1 is 1.47 bits per heavy atom. The largest absolute Gasteiger partial charge is 0.383 e. The van der Waals surface area contributed by atoms with E-state index in [0.29, 0.717) is 18.1 Å². The van der Waals surface area contributed by atoms with E-state index in [1.807, 2.05) is 0 Å². The first-order chi connectivity index (χ1) is 7.26. The van der Waals surface area contributed by atoms with Crippen molar-refractivity contribution in [2.24, 2.45) is 5.73 Å². The van der Waals surface area contributed by atoms with Crippen LogP contribution in [0.5, 0.6) is 0 Å². The lowest BCUT2D eigenvalue weighted by molar-refractivity contribution is 0.149. The van der Waals surface area contributed by atoms with E-state index in [9.17, 15) is 0 Å². The van der Waals surface area contributed by atoms with Crippen molar-refractivity contribution in [2.75, 3.05) is 13.7 Å². The summed E-state index contributed by atoms with van der Waals surface area (Å²) < 4.78 is 5.23. The van der Waals surface area contributed by atoms with Gasteiger partial charge in [-0.1, -0.05) is 19.8 Å². The predicted octanol–water partition coefficient (Wildman–Crippen LogP) is 1.66. The zero-order chi connectivity index (χ0) is 11.1. The Hall–Kier alpha value is -0.120. The van der Waals surface area contributed by atoms with Crippen LogP contribution in [0.25, 0.3) is 0 Å². The van der Waals surface area contributed by atoms with Gasteiger partial charge in [0.25, 0.3) is 0 Å². The average molecular weight is 214 g/mol. The Kier molecular flexibility index (Phi) is 6.22. The van der Waals surface area contributed by atoms with Gasteiger partial charge in [-0.15, -0.1) is 0 Å². The van der Waals surface area contributed by atoms with Crippen molar-refractivity contribution in [3.05, 3.63) is 0 Å². The van der Waals surface area contributed by atoms with E-state index in [1.165, 1.54) is 32.1 Å². The normalized spacial score (nSPS) is 29.0. The molecule has 0 aromatic carbocycles. The molecule has 0 amide bonds. The van der Waals surface area contributed by atoms with Crippen LogP contribution in [0.2, 0.25) is 0 Å². The van der Waals surface area contributed by atoms with Crippen LogP contribution in [0.3, 0.4) is 0 Å². The van der Waals surface area contributed by atoms with Crippen molar-refractivity contribution in [3.63, 3.8) is 0 Å². The van der Waals surface area contributed by atoms with Gasteiger partial charge < -0.3 is 15.8 Å². The van der Waals surface area contributed by atoms with Crippen LogP contribution in [0.1, 0.15) is 45.4 Å². The van der Waals surface area contributed by atoms with Crippen molar-refractivity contribution in [1.29, 1.82) is 0 Å². The van der Waals surface area contributed by atoms with Crippen LogP contribution < -0.4 is 11.1 Å². The summed E-state index contributed by atoms with van der Waals surface area (Å²) in [6.07, 6.45) is 7.27. The molecule has 90 valence electrons. The van der Waals surface area contributed by atoms with E-state index < -0.39 is 0 Å². The summed E-state index contributed by atoms with van der Waals surface area (Å²) in [6.45, 7) is 3.04. The fourth-order valence-corrected chi connectivity index (χ4v) is 2.48. The Labute approximate surface area is 93.8 Å². The highest BCUT2D eigenvalue weighted by atomic mass is 16.5. The topological polar surface area (TPSA) is 47.3 Å². The molecule has 0 aromatic rings. The number of nitrogens with one attached hydrogen (secondary N) is 1. The van der Waals surface area contributed by atoms with Crippen molar-refractivity contribution in [1.82, 2.24) is 5.32 Å². The summed E-state index contributed by atoms with van der Waals surface area (Å²) in [6, 6.07) is 1.52. The molecule has 0 radical (unpaired) electrons. The second kappa shape index (κ2) is 7.20. The number of hydrogen-bond donors (Lipinski definition) is 2. The van der Waals surface area contributed by atoms with Gasteiger partial charge in [-0.25, -0.2) is 0 Å². The first kappa shape index (κ1) is 12.9. The van der Waals surface area contributed by atoms with Crippen LogP contribution in [-0.4, -0.2) is 31.8 Å². The summed E-state index contributed by atoms with van der Waals surface area (Å²) in [5, 5.41) is 3.68. The zero-order valence-electron chi connectivity index (χ0n) is 10.2. The minimum Gasteiger partial charge on any atom is -0.383 e. The second-order valence-electron chi connectivity index (χ2n) is 4.73. The van der Waals surface area contributed by atoms with Gasteiger partial charge in [0.1, 0.15) is 0 Å². The molecular formula is C12H26N2O. The van der Waals surface area contributed by atoms with Gasteiger partial charge in [-0.2, -0.15) is 0 Å². The molecule has 1 rings (SSSR count). The molecule has 1 aliphatic rings. The summed E-state index contributed by atoms with van der Waals surface area (Å²) >= 11 is 0. The van der Waals surface area contributed by atoms with Crippen molar-refractivity contribution in [3.8, 4) is 0 Å². The molecule has 0 aliphatic heterocycles. The van der Waals surface area contributed by atoms with Crippen LogP contribution in [0.15, 0.2) is 0 Å². The zero-order valence-corrected chi connectivity index (χ0v) is 10.2. The maximum Gasteiger partial charge on any atom is 0.0615 e. The van der Waals surface area contributed by atoms with E-state index in [1.54, 1.807) is 7.11 Å². The van der Waals surface area contributed by atoms with E-state index in [4.69, 9.17) is 10.5 Å². The lowest BCUT2D eigenvalue weighted by Gasteiger charge is -2.31. The van der Waals surface area contributed by atoms with Gasteiger partial charge in [0.2, 0.25) is 0 Å². The minimum atomic E-state index is 0.404. The summed E-state index contributed by atoms with van der Waals surface area (Å²) in [7, 11) is 1.77. The third-order valence-electron chi connectivity index (χ3n) is 3.19. The van der Waals surface area contributed by atoms with Crippen molar-refractivity contribution in [2.45, 2.75) is 63.6 Å². The summed E-state index contributed by atoms with van der Waals surface area (Å²) in [4.78, 5) is 0. The van der Waals surface area contributed by atoms with Gasteiger partial charge in [-0.3, -0.25) is 0 Å². The van der Waals surface area contributed by atoms with Crippen LogP contribution in [0.4, 0.5) is 0 Å². The smallest absolute Gasteiger partial charge is 0.0615 e. The van der Waals surface area contributed by atoms with Crippen LogP contribution in [-0.2, 0) is 4.74 Å². The predicted molar refractivity (Wildman–Crippen MR) is 63.9 cm³/mol. The molecule has 0 bridgehead atoms. The molecule has 0 spiro atoms. The van der Waals surface area contributed by atoms with Gasteiger partial charge in [0.15, 0.2) is 0 Å². The van der Waals surface area contributed by atoms with E-state index >= 15 is 0 Å². The lowest BCUT2D eigenvalue weighted by Crippen LogP contribution is -2.45. The first-order valence-corrected chi connectivity index (χ1v) is 6.26. The molecule has 15 heavy (non-hydrogen) atoms. The third-order valence-corrected chi connectivity index (χ3v) is 3.19. The molecule has 3 heteroatoms. The molecule has 0 heterocycles. The van der Waals surface area contributed by atoms with Gasteiger partial charge in [0.05, 0.1) is 6.61 Å². The van der Waals surface area contributed by atoms with Gasteiger partial charge in [0, 0.05) is 25.2 Å². The Balaban J connectivity index is 2.28. The molecule has 0 aromatic heterocycles. The SMILES string of the molecule is CCCC(COC)NC1CCCC(N)C1. The van der Waals surface area contributed by atoms with Gasteiger partial charge >= 0.3 is 0 Å². The summed E-state index contributed by atoms with van der Waals surface area (Å²) in [5.74, 6) is 0. The number of methoxy groups -OCH3 is 1. The summed E-state index contributed by atoms with van der Waals surface area (Å²) in [5.41, 5.74) is 5.98. The highest BCUT2D eigenvalue weighted by molar-refractivity contribution is 4.82. The monoisotopic (exact) mass is 214 g/mol. The standard InChI is InChI=1S/C12H26N2O/c1-3-5-12(9-15-2)14-11-7-4-6-10(13)8-11/h10-12,14H,3-9,13H2,1-2H3. The van der Waals surface area contributed by atoms with Crippen LogP contribution in [0, 0.1) is 0 Å². The molecular weight excluding hydrogens is 188 g/mol. The molecule has 3 N–H and O–H groups in total. The van der Waals surface area contributed by atoms with E-state index in [-0.39, 0.29) is 0 Å². The quantitative estimate of drug-likeness (QED) is 0.707.